The average molecular weight is 318 g/mol. The van der Waals surface area contributed by atoms with E-state index in [-0.39, 0.29) is 18.2 Å². The van der Waals surface area contributed by atoms with E-state index in [1.54, 1.807) is 0 Å². The molecule has 2 aromatic rings. The highest BCUT2D eigenvalue weighted by Gasteiger charge is 2.23. The summed E-state index contributed by atoms with van der Waals surface area (Å²) in [7, 11) is 0. The minimum absolute atomic E-state index is 0.0241. The van der Waals surface area contributed by atoms with Gasteiger partial charge in [-0.1, -0.05) is 30.3 Å². The lowest BCUT2D eigenvalue weighted by atomic mass is 10.1. The Kier molecular flexibility index (Phi) is 4.65. The first-order valence-corrected chi connectivity index (χ1v) is 8.08. The number of hydrogen-bond acceptors (Lipinski definition) is 5. The first-order chi connectivity index (χ1) is 10.7. The van der Waals surface area contributed by atoms with Crippen LogP contribution in [-0.4, -0.2) is 34.1 Å². The number of anilines is 1. The number of urea groups is 1. The lowest BCUT2D eigenvalue weighted by Gasteiger charge is -2.19. The number of hydrogen-bond donors (Lipinski definition) is 2. The molecule has 0 saturated carbocycles. The molecule has 2 amide bonds. The van der Waals surface area contributed by atoms with Crippen molar-refractivity contribution in [3.05, 3.63) is 30.3 Å². The Morgan fingerprint density at radius 1 is 1.41 bits per heavy atom. The molecule has 7 heteroatoms. The predicted molar refractivity (Wildman–Crippen MR) is 85.9 cm³/mol. The molecular formula is C15H18N4O2S. The van der Waals surface area contributed by atoms with E-state index in [2.05, 4.69) is 20.0 Å². The van der Waals surface area contributed by atoms with Crippen LogP contribution in [0.2, 0.25) is 0 Å². The normalized spacial score (nSPS) is 18.9. The van der Waals surface area contributed by atoms with Gasteiger partial charge in [-0.3, -0.25) is 5.32 Å². The number of carbonyl (C=O) groups is 1. The largest absolute Gasteiger partial charge is 0.376 e. The van der Waals surface area contributed by atoms with Crippen molar-refractivity contribution >= 4 is 22.7 Å². The molecule has 0 bridgehead atoms. The Balaban J connectivity index is 1.57. The van der Waals surface area contributed by atoms with Crippen LogP contribution in [0, 0.1) is 0 Å². The van der Waals surface area contributed by atoms with Crippen LogP contribution in [0.15, 0.2) is 30.3 Å². The number of nitrogens with zero attached hydrogens (tertiary/aromatic N) is 2. The van der Waals surface area contributed by atoms with E-state index in [4.69, 9.17) is 4.74 Å². The molecule has 22 heavy (non-hydrogen) atoms. The summed E-state index contributed by atoms with van der Waals surface area (Å²) in [5.41, 5.74) is 0.930. The molecule has 0 spiro atoms. The maximum absolute atomic E-state index is 12.0. The van der Waals surface area contributed by atoms with Crippen LogP contribution < -0.4 is 10.6 Å². The van der Waals surface area contributed by atoms with Crippen LogP contribution in [-0.2, 0) is 4.74 Å². The van der Waals surface area contributed by atoms with E-state index in [0.29, 0.717) is 11.0 Å². The fraction of sp³-hybridized carbons (Fsp3) is 0.400. The second kappa shape index (κ2) is 6.85. The zero-order valence-electron chi connectivity index (χ0n) is 12.3. The number of carbonyl (C=O) groups excluding carboxylic acids is 1. The summed E-state index contributed by atoms with van der Waals surface area (Å²) >= 11 is 1.17. The van der Waals surface area contributed by atoms with Gasteiger partial charge in [0.2, 0.25) is 5.13 Å². The third-order valence-electron chi connectivity index (χ3n) is 3.56. The van der Waals surface area contributed by atoms with Crippen molar-refractivity contribution in [3.63, 3.8) is 0 Å². The van der Waals surface area contributed by atoms with Crippen molar-refractivity contribution in [1.82, 2.24) is 14.7 Å². The van der Waals surface area contributed by atoms with E-state index in [9.17, 15) is 4.79 Å². The van der Waals surface area contributed by atoms with Gasteiger partial charge < -0.3 is 10.1 Å². The predicted octanol–water partition coefficient (Wildman–Crippen LogP) is 2.89. The molecule has 1 saturated heterocycles. The molecule has 0 radical (unpaired) electrons. The van der Waals surface area contributed by atoms with Gasteiger partial charge >= 0.3 is 6.03 Å². The van der Waals surface area contributed by atoms with Gasteiger partial charge in [-0.2, -0.15) is 9.36 Å². The van der Waals surface area contributed by atoms with E-state index in [0.717, 1.165) is 25.0 Å². The second-order valence-electron chi connectivity index (χ2n) is 5.23. The van der Waals surface area contributed by atoms with Crippen molar-refractivity contribution in [2.24, 2.45) is 0 Å². The smallest absolute Gasteiger partial charge is 0.321 e. The van der Waals surface area contributed by atoms with Crippen molar-refractivity contribution < 1.29 is 9.53 Å². The molecule has 0 unspecified atom stereocenters. The highest BCUT2D eigenvalue weighted by Crippen LogP contribution is 2.20. The molecule has 2 atom stereocenters. The standard InChI is InChI=1S/C15H18N4O2S/c1-10(12-8-5-9-21-12)16-14(20)18-15-17-13(19-22-15)11-6-3-2-4-7-11/h2-4,6-7,10,12H,5,8-9H2,1H3,(H2,16,17,18,19,20)/t10-,12+/m1/s1. The molecule has 1 aliphatic rings. The molecule has 116 valence electrons. The van der Waals surface area contributed by atoms with Gasteiger partial charge in [0.15, 0.2) is 5.82 Å². The van der Waals surface area contributed by atoms with E-state index in [1.807, 2.05) is 37.3 Å². The van der Waals surface area contributed by atoms with Crippen LogP contribution in [0.1, 0.15) is 19.8 Å². The van der Waals surface area contributed by atoms with Crippen molar-refractivity contribution in [1.29, 1.82) is 0 Å². The minimum Gasteiger partial charge on any atom is -0.376 e. The monoisotopic (exact) mass is 318 g/mol. The molecule has 6 nitrogen and oxygen atoms in total. The van der Waals surface area contributed by atoms with E-state index >= 15 is 0 Å². The molecule has 1 aromatic heterocycles. The van der Waals surface area contributed by atoms with Crippen molar-refractivity contribution in [2.75, 3.05) is 11.9 Å². The lowest BCUT2D eigenvalue weighted by Crippen LogP contribution is -2.42. The number of aromatic nitrogens is 2. The Morgan fingerprint density at radius 3 is 2.95 bits per heavy atom. The number of ether oxygens (including phenoxy) is 1. The fourth-order valence-electron chi connectivity index (χ4n) is 2.41. The molecule has 2 heterocycles. The maximum atomic E-state index is 12.0. The van der Waals surface area contributed by atoms with Gasteiger partial charge in [0.25, 0.3) is 0 Å². The third kappa shape index (κ3) is 3.61. The first-order valence-electron chi connectivity index (χ1n) is 7.30. The molecular weight excluding hydrogens is 300 g/mol. The summed E-state index contributed by atoms with van der Waals surface area (Å²) in [6.45, 7) is 2.72. The Hall–Kier alpha value is -1.99. The maximum Gasteiger partial charge on any atom is 0.321 e. The fourth-order valence-corrected chi connectivity index (χ4v) is 2.99. The number of rotatable bonds is 4. The summed E-state index contributed by atoms with van der Waals surface area (Å²) in [5, 5.41) is 6.09. The molecule has 1 aromatic carbocycles. The van der Waals surface area contributed by atoms with E-state index in [1.165, 1.54) is 11.5 Å². The summed E-state index contributed by atoms with van der Waals surface area (Å²) < 4.78 is 9.82. The topological polar surface area (TPSA) is 76.1 Å². The number of benzene rings is 1. The summed E-state index contributed by atoms with van der Waals surface area (Å²) in [4.78, 5) is 16.3. The van der Waals surface area contributed by atoms with Gasteiger partial charge in [0, 0.05) is 23.7 Å². The zero-order valence-corrected chi connectivity index (χ0v) is 13.1. The molecule has 0 aliphatic carbocycles. The molecule has 1 fully saturated rings. The first kappa shape index (κ1) is 14.9. The van der Waals surface area contributed by atoms with Crippen LogP contribution in [0.3, 0.4) is 0 Å². The Labute approximate surface area is 133 Å². The van der Waals surface area contributed by atoms with Gasteiger partial charge in [0.1, 0.15) is 0 Å². The molecule has 3 rings (SSSR count). The van der Waals surface area contributed by atoms with Crippen molar-refractivity contribution in [3.8, 4) is 11.4 Å². The molecule has 1 aliphatic heterocycles. The lowest BCUT2D eigenvalue weighted by molar-refractivity contribution is 0.0868. The summed E-state index contributed by atoms with van der Waals surface area (Å²) in [5.74, 6) is 0.619. The summed E-state index contributed by atoms with van der Waals surface area (Å²) in [6, 6.07) is 9.37. The van der Waals surface area contributed by atoms with Gasteiger partial charge in [-0.25, -0.2) is 4.79 Å². The highest BCUT2D eigenvalue weighted by atomic mass is 32.1. The number of nitrogens with one attached hydrogen (secondary N) is 2. The zero-order chi connectivity index (χ0) is 15.4. The Morgan fingerprint density at radius 2 is 2.23 bits per heavy atom. The van der Waals surface area contributed by atoms with Crippen LogP contribution in [0.5, 0.6) is 0 Å². The Bertz CT molecular complexity index is 625. The van der Waals surface area contributed by atoms with Gasteiger partial charge in [0.05, 0.1) is 12.1 Å². The minimum atomic E-state index is -0.279. The van der Waals surface area contributed by atoms with Crippen LogP contribution in [0.25, 0.3) is 11.4 Å². The van der Waals surface area contributed by atoms with Gasteiger partial charge in [-0.15, -0.1) is 0 Å². The third-order valence-corrected chi connectivity index (χ3v) is 4.19. The quantitative estimate of drug-likeness (QED) is 0.909. The number of amides is 2. The van der Waals surface area contributed by atoms with E-state index < -0.39 is 0 Å². The van der Waals surface area contributed by atoms with Crippen LogP contribution in [0.4, 0.5) is 9.93 Å². The second-order valence-corrected chi connectivity index (χ2v) is 5.98. The van der Waals surface area contributed by atoms with Crippen molar-refractivity contribution in [2.45, 2.75) is 31.9 Å². The highest BCUT2D eigenvalue weighted by molar-refractivity contribution is 7.10. The van der Waals surface area contributed by atoms with Gasteiger partial charge in [-0.05, 0) is 19.8 Å². The molecule has 2 N–H and O–H groups in total. The average Bonchev–Trinajstić information content (AvgIpc) is 3.19. The van der Waals surface area contributed by atoms with Crippen LogP contribution >= 0.6 is 11.5 Å². The SMILES string of the molecule is C[C@@H](NC(=O)Nc1nc(-c2ccccc2)ns1)[C@@H]1CCCO1. The summed E-state index contributed by atoms with van der Waals surface area (Å²) in [6.07, 6.45) is 2.13.